The Bertz CT molecular complexity index is 1040. The van der Waals surface area contributed by atoms with Crippen molar-refractivity contribution in [2.45, 2.75) is 6.61 Å². The van der Waals surface area contributed by atoms with Gasteiger partial charge in [-0.25, -0.2) is 14.2 Å². The Morgan fingerprint density at radius 1 is 1.11 bits per heavy atom. The fraction of sp³-hybridized carbons (Fsp3) is 0.0476. The molecular weight excluding hydrogens is 365 g/mol. The van der Waals surface area contributed by atoms with Crippen molar-refractivity contribution >= 4 is 29.3 Å². The maximum absolute atomic E-state index is 13.3. The minimum absolute atomic E-state index is 0.209. The molecule has 134 valence electrons. The van der Waals surface area contributed by atoms with E-state index in [2.05, 4.69) is 4.99 Å². The number of hydrogen-bond donors (Lipinski definition) is 0. The summed E-state index contributed by atoms with van der Waals surface area (Å²) >= 11 is 1.45. The maximum atomic E-state index is 13.3. The average molecular weight is 379 g/mol. The number of carbonyl (C=O) groups excluding carboxylic acids is 1. The van der Waals surface area contributed by atoms with Crippen molar-refractivity contribution in [3.05, 3.63) is 93.6 Å². The van der Waals surface area contributed by atoms with E-state index in [4.69, 9.17) is 9.47 Å². The number of esters is 1. The number of aliphatic imine (C=N–C) groups is 1. The van der Waals surface area contributed by atoms with Crippen molar-refractivity contribution < 1.29 is 18.7 Å². The molecular formula is C21H14FNO3S. The monoisotopic (exact) mass is 379 g/mol. The summed E-state index contributed by atoms with van der Waals surface area (Å²) in [5, 5.41) is 1.89. The molecule has 3 aromatic rings. The molecule has 0 saturated heterocycles. The summed E-state index contributed by atoms with van der Waals surface area (Å²) in [5.74, 6) is 0.0650. The third-order valence-corrected chi connectivity index (χ3v) is 4.70. The van der Waals surface area contributed by atoms with Crippen LogP contribution < -0.4 is 4.74 Å². The van der Waals surface area contributed by atoms with E-state index < -0.39 is 5.97 Å². The minimum Gasteiger partial charge on any atom is -0.488 e. The smallest absolute Gasteiger partial charge is 0.363 e. The third-order valence-electron chi connectivity index (χ3n) is 3.85. The molecule has 4 nitrogen and oxygen atoms in total. The predicted molar refractivity (Wildman–Crippen MR) is 102 cm³/mol. The second-order valence-electron chi connectivity index (χ2n) is 5.77. The molecule has 0 spiro atoms. The topological polar surface area (TPSA) is 47.9 Å². The van der Waals surface area contributed by atoms with Gasteiger partial charge >= 0.3 is 5.97 Å². The van der Waals surface area contributed by atoms with Gasteiger partial charge < -0.3 is 9.47 Å². The van der Waals surface area contributed by atoms with Crippen molar-refractivity contribution in [1.82, 2.24) is 0 Å². The van der Waals surface area contributed by atoms with E-state index >= 15 is 0 Å². The fourth-order valence-electron chi connectivity index (χ4n) is 2.58. The van der Waals surface area contributed by atoms with Gasteiger partial charge in [-0.15, -0.1) is 11.3 Å². The molecule has 2 heterocycles. The lowest BCUT2D eigenvalue weighted by Crippen LogP contribution is -2.03. The summed E-state index contributed by atoms with van der Waals surface area (Å²) in [7, 11) is 0. The lowest BCUT2D eigenvalue weighted by molar-refractivity contribution is -0.129. The van der Waals surface area contributed by atoms with Crippen molar-refractivity contribution in [3.8, 4) is 5.75 Å². The molecule has 0 amide bonds. The lowest BCUT2D eigenvalue weighted by atomic mass is 10.1. The normalized spacial score (nSPS) is 14.9. The third kappa shape index (κ3) is 3.96. The van der Waals surface area contributed by atoms with E-state index in [0.717, 1.165) is 10.4 Å². The minimum atomic E-state index is -0.502. The number of cyclic esters (lactones) is 1. The first kappa shape index (κ1) is 17.2. The molecule has 0 saturated carbocycles. The SMILES string of the molecule is O=C1OC(c2cccs2)=NC1=Cc1ccccc1OCc1cccc(F)c1. The first-order valence-electron chi connectivity index (χ1n) is 8.22. The van der Waals surface area contributed by atoms with Crippen molar-refractivity contribution in [1.29, 1.82) is 0 Å². The van der Waals surface area contributed by atoms with E-state index in [9.17, 15) is 9.18 Å². The molecule has 4 rings (SSSR count). The maximum Gasteiger partial charge on any atom is 0.363 e. The van der Waals surface area contributed by atoms with Gasteiger partial charge in [-0.3, -0.25) is 0 Å². The van der Waals surface area contributed by atoms with E-state index in [1.54, 1.807) is 24.3 Å². The Hall–Kier alpha value is -3.25. The highest BCUT2D eigenvalue weighted by atomic mass is 32.1. The number of nitrogens with zero attached hydrogens (tertiary/aromatic N) is 1. The summed E-state index contributed by atoms with van der Waals surface area (Å²) in [6.07, 6.45) is 1.63. The summed E-state index contributed by atoms with van der Waals surface area (Å²) in [5.41, 5.74) is 1.62. The zero-order valence-electron chi connectivity index (χ0n) is 14.1. The standard InChI is InChI=1S/C21H14FNO3S/c22-16-7-3-5-14(11-16)13-25-18-8-2-1-6-15(18)12-17-21(24)26-20(23-17)19-9-4-10-27-19/h1-12H,13H2. The molecule has 27 heavy (non-hydrogen) atoms. The predicted octanol–water partition coefficient (Wildman–Crippen LogP) is 4.81. The second kappa shape index (κ2) is 7.55. The second-order valence-corrected chi connectivity index (χ2v) is 6.72. The summed E-state index contributed by atoms with van der Waals surface area (Å²) in [6, 6.07) is 17.2. The first-order chi connectivity index (χ1) is 13.2. The Labute approximate surface area is 159 Å². The number of rotatable bonds is 5. The van der Waals surface area contributed by atoms with Crippen LogP contribution in [0.2, 0.25) is 0 Å². The van der Waals surface area contributed by atoms with Crippen LogP contribution in [0.25, 0.3) is 6.08 Å². The van der Waals surface area contributed by atoms with Crippen LogP contribution in [0.1, 0.15) is 16.0 Å². The summed E-state index contributed by atoms with van der Waals surface area (Å²) in [4.78, 5) is 17.2. The molecule has 6 heteroatoms. The van der Waals surface area contributed by atoms with Crippen molar-refractivity contribution in [2.24, 2.45) is 4.99 Å². The number of carbonyl (C=O) groups is 1. The molecule has 0 radical (unpaired) electrons. The number of benzene rings is 2. The van der Waals surface area contributed by atoms with Crippen LogP contribution in [0.4, 0.5) is 4.39 Å². The zero-order chi connectivity index (χ0) is 18.6. The van der Waals surface area contributed by atoms with Crippen molar-refractivity contribution in [2.75, 3.05) is 0 Å². The van der Waals surface area contributed by atoms with Gasteiger partial charge in [-0.05, 0) is 41.3 Å². The van der Waals surface area contributed by atoms with Gasteiger partial charge in [0.2, 0.25) is 5.90 Å². The molecule has 1 aromatic heterocycles. The molecule has 0 unspecified atom stereocenters. The molecule has 1 aliphatic heterocycles. The van der Waals surface area contributed by atoms with E-state index in [1.165, 1.54) is 23.5 Å². The highest BCUT2D eigenvalue weighted by molar-refractivity contribution is 7.12. The van der Waals surface area contributed by atoms with Crippen LogP contribution in [-0.2, 0) is 16.1 Å². The van der Waals surface area contributed by atoms with Gasteiger partial charge in [-0.1, -0.05) is 36.4 Å². The molecule has 0 atom stereocenters. The van der Waals surface area contributed by atoms with Gasteiger partial charge in [-0.2, -0.15) is 0 Å². The van der Waals surface area contributed by atoms with Crippen LogP contribution in [-0.4, -0.2) is 11.9 Å². The zero-order valence-corrected chi connectivity index (χ0v) is 14.9. The summed E-state index contributed by atoms with van der Waals surface area (Å²) < 4.78 is 24.4. The molecule has 0 bridgehead atoms. The Balaban J connectivity index is 1.57. The lowest BCUT2D eigenvalue weighted by Gasteiger charge is -2.09. The molecule has 2 aromatic carbocycles. The first-order valence-corrected chi connectivity index (χ1v) is 9.10. The van der Waals surface area contributed by atoms with Crippen molar-refractivity contribution in [3.63, 3.8) is 0 Å². The van der Waals surface area contributed by atoms with Crippen LogP contribution in [0.15, 0.2) is 76.7 Å². The van der Waals surface area contributed by atoms with Crippen LogP contribution in [0.5, 0.6) is 5.75 Å². The van der Waals surface area contributed by atoms with Crippen LogP contribution in [0, 0.1) is 5.82 Å². The fourth-order valence-corrected chi connectivity index (χ4v) is 3.23. The summed E-state index contributed by atoms with van der Waals surface area (Å²) in [6.45, 7) is 0.214. The highest BCUT2D eigenvalue weighted by Gasteiger charge is 2.25. The van der Waals surface area contributed by atoms with Crippen LogP contribution in [0.3, 0.4) is 0 Å². The largest absolute Gasteiger partial charge is 0.488 e. The van der Waals surface area contributed by atoms with Gasteiger partial charge in [0.05, 0.1) is 4.88 Å². The average Bonchev–Trinajstić information content (AvgIpc) is 3.31. The van der Waals surface area contributed by atoms with Crippen LogP contribution >= 0.6 is 11.3 Å². The van der Waals surface area contributed by atoms with E-state index in [1.807, 2.05) is 35.7 Å². The molecule has 0 aliphatic carbocycles. The molecule has 0 fully saturated rings. The Kier molecular flexibility index (Phi) is 4.80. The van der Waals surface area contributed by atoms with Gasteiger partial charge in [0.25, 0.3) is 0 Å². The molecule has 1 aliphatic rings. The van der Waals surface area contributed by atoms with Gasteiger partial charge in [0.1, 0.15) is 18.2 Å². The highest BCUT2D eigenvalue weighted by Crippen LogP contribution is 2.26. The molecule has 0 N–H and O–H groups in total. The quantitative estimate of drug-likeness (QED) is 0.472. The van der Waals surface area contributed by atoms with E-state index in [-0.39, 0.29) is 18.1 Å². The number of para-hydroxylation sites is 1. The number of ether oxygens (including phenoxy) is 2. The van der Waals surface area contributed by atoms with Gasteiger partial charge in [0.15, 0.2) is 5.70 Å². The Morgan fingerprint density at radius 2 is 2.00 bits per heavy atom. The van der Waals surface area contributed by atoms with Gasteiger partial charge in [0, 0.05) is 5.56 Å². The van der Waals surface area contributed by atoms with E-state index in [0.29, 0.717) is 17.2 Å². The number of hydrogen-bond acceptors (Lipinski definition) is 5. The number of thiophene rings is 1. The number of halogens is 1. The Morgan fingerprint density at radius 3 is 2.81 bits per heavy atom.